The van der Waals surface area contributed by atoms with E-state index in [0.29, 0.717) is 18.3 Å². The van der Waals surface area contributed by atoms with Crippen molar-refractivity contribution in [2.75, 3.05) is 18.5 Å². The molecule has 1 aromatic carbocycles. The second kappa shape index (κ2) is 5.68. The summed E-state index contributed by atoms with van der Waals surface area (Å²) in [5.74, 6) is 0.802. The summed E-state index contributed by atoms with van der Waals surface area (Å²) in [6.45, 7) is 4.65. The first kappa shape index (κ1) is 12.6. The van der Waals surface area contributed by atoms with Gasteiger partial charge in [-0.15, -0.1) is 0 Å². The van der Waals surface area contributed by atoms with Gasteiger partial charge in [-0.1, -0.05) is 11.3 Å². The van der Waals surface area contributed by atoms with E-state index in [1.54, 1.807) is 6.92 Å². The standard InChI is InChI=1S/C12H14N2O3S/c1-3-16-8-5-6-9-10(7-8)18-11(13-9)14-12(15)17-4-2/h5-7H,3-4H2,1-2H3,(H,13,14,15). The van der Waals surface area contributed by atoms with Gasteiger partial charge in [0.05, 0.1) is 23.4 Å². The van der Waals surface area contributed by atoms with Crippen LogP contribution >= 0.6 is 11.3 Å². The molecule has 0 unspecified atom stereocenters. The Morgan fingerprint density at radius 3 is 2.94 bits per heavy atom. The van der Waals surface area contributed by atoms with Gasteiger partial charge in [0, 0.05) is 0 Å². The predicted octanol–water partition coefficient (Wildman–Crippen LogP) is 3.26. The molecule has 2 aromatic rings. The Labute approximate surface area is 109 Å². The molecule has 6 heteroatoms. The van der Waals surface area contributed by atoms with Gasteiger partial charge in [-0.2, -0.15) is 0 Å². The minimum Gasteiger partial charge on any atom is -0.494 e. The van der Waals surface area contributed by atoms with Crippen molar-refractivity contribution in [2.24, 2.45) is 0 Å². The van der Waals surface area contributed by atoms with Crippen LogP contribution in [-0.4, -0.2) is 24.3 Å². The number of rotatable bonds is 4. The minimum absolute atomic E-state index is 0.339. The molecule has 0 saturated carbocycles. The molecule has 96 valence electrons. The largest absolute Gasteiger partial charge is 0.494 e. The molecule has 18 heavy (non-hydrogen) atoms. The third-order valence-electron chi connectivity index (χ3n) is 2.16. The lowest BCUT2D eigenvalue weighted by Crippen LogP contribution is -2.12. The van der Waals surface area contributed by atoms with Crippen molar-refractivity contribution in [3.8, 4) is 5.75 Å². The van der Waals surface area contributed by atoms with Crippen LogP contribution in [0.15, 0.2) is 18.2 Å². The quantitative estimate of drug-likeness (QED) is 0.922. The number of benzene rings is 1. The number of ether oxygens (including phenoxy) is 2. The molecular formula is C12H14N2O3S. The molecular weight excluding hydrogens is 252 g/mol. The Morgan fingerprint density at radius 2 is 2.22 bits per heavy atom. The maximum absolute atomic E-state index is 11.3. The number of anilines is 1. The number of carbonyl (C=O) groups excluding carboxylic acids is 1. The highest BCUT2D eigenvalue weighted by molar-refractivity contribution is 7.22. The topological polar surface area (TPSA) is 60.5 Å². The van der Waals surface area contributed by atoms with Gasteiger partial charge in [0.15, 0.2) is 5.13 Å². The van der Waals surface area contributed by atoms with E-state index >= 15 is 0 Å². The predicted molar refractivity (Wildman–Crippen MR) is 71.4 cm³/mol. The average Bonchev–Trinajstić information content (AvgIpc) is 2.71. The zero-order valence-electron chi connectivity index (χ0n) is 10.2. The lowest BCUT2D eigenvalue weighted by Gasteiger charge is -2.00. The Morgan fingerprint density at radius 1 is 1.39 bits per heavy atom. The first-order valence-corrected chi connectivity index (χ1v) is 6.51. The monoisotopic (exact) mass is 266 g/mol. The SMILES string of the molecule is CCOC(=O)Nc1nc2ccc(OCC)cc2s1. The molecule has 1 amide bonds. The first-order valence-electron chi connectivity index (χ1n) is 5.70. The summed E-state index contributed by atoms with van der Waals surface area (Å²) in [4.78, 5) is 15.6. The number of thiazole rings is 1. The molecule has 2 rings (SSSR count). The molecule has 0 fully saturated rings. The van der Waals surface area contributed by atoms with Crippen molar-refractivity contribution in [1.82, 2.24) is 4.98 Å². The van der Waals surface area contributed by atoms with Crippen LogP contribution in [0.5, 0.6) is 5.75 Å². The molecule has 1 aromatic heterocycles. The summed E-state index contributed by atoms with van der Waals surface area (Å²) in [6.07, 6.45) is -0.485. The summed E-state index contributed by atoms with van der Waals surface area (Å²) in [6, 6.07) is 5.64. The van der Waals surface area contributed by atoms with Crippen LogP contribution in [0.4, 0.5) is 9.93 Å². The molecule has 0 atom stereocenters. The fourth-order valence-corrected chi connectivity index (χ4v) is 2.35. The van der Waals surface area contributed by atoms with Gasteiger partial charge in [-0.25, -0.2) is 9.78 Å². The smallest absolute Gasteiger partial charge is 0.413 e. The highest BCUT2D eigenvalue weighted by Crippen LogP contribution is 2.29. The minimum atomic E-state index is -0.485. The molecule has 0 aliphatic rings. The number of hydrogen-bond acceptors (Lipinski definition) is 5. The summed E-state index contributed by atoms with van der Waals surface area (Å²) < 4.78 is 11.2. The average molecular weight is 266 g/mol. The zero-order chi connectivity index (χ0) is 13.0. The number of hydrogen-bond donors (Lipinski definition) is 1. The molecule has 0 radical (unpaired) electrons. The van der Waals surface area contributed by atoms with Crippen LogP contribution in [0.2, 0.25) is 0 Å². The van der Waals surface area contributed by atoms with Gasteiger partial charge >= 0.3 is 6.09 Å². The summed E-state index contributed by atoms with van der Waals surface area (Å²) in [7, 11) is 0. The number of nitrogens with zero attached hydrogens (tertiary/aromatic N) is 1. The molecule has 1 N–H and O–H groups in total. The Bertz CT molecular complexity index is 553. The van der Waals surface area contributed by atoms with E-state index < -0.39 is 6.09 Å². The van der Waals surface area contributed by atoms with Gasteiger partial charge in [0.2, 0.25) is 0 Å². The fraction of sp³-hybridized carbons (Fsp3) is 0.333. The van der Waals surface area contributed by atoms with E-state index in [1.807, 2.05) is 25.1 Å². The van der Waals surface area contributed by atoms with Crippen LogP contribution in [0.3, 0.4) is 0 Å². The van der Waals surface area contributed by atoms with Gasteiger partial charge < -0.3 is 9.47 Å². The Kier molecular flexibility index (Phi) is 3.99. The number of aromatic nitrogens is 1. The molecule has 0 saturated heterocycles. The van der Waals surface area contributed by atoms with E-state index in [9.17, 15) is 4.79 Å². The van der Waals surface area contributed by atoms with E-state index in [-0.39, 0.29) is 0 Å². The van der Waals surface area contributed by atoms with E-state index in [0.717, 1.165) is 16.0 Å². The molecule has 0 aliphatic carbocycles. The number of nitrogens with one attached hydrogen (secondary N) is 1. The maximum Gasteiger partial charge on any atom is 0.413 e. The van der Waals surface area contributed by atoms with Crippen LogP contribution in [0.25, 0.3) is 10.2 Å². The van der Waals surface area contributed by atoms with Crippen molar-refractivity contribution in [3.05, 3.63) is 18.2 Å². The zero-order valence-corrected chi connectivity index (χ0v) is 11.0. The molecule has 0 bridgehead atoms. The van der Waals surface area contributed by atoms with Crippen LogP contribution in [-0.2, 0) is 4.74 Å². The van der Waals surface area contributed by atoms with Crippen molar-refractivity contribution in [3.63, 3.8) is 0 Å². The van der Waals surface area contributed by atoms with E-state index in [2.05, 4.69) is 10.3 Å². The van der Waals surface area contributed by atoms with E-state index in [4.69, 9.17) is 9.47 Å². The maximum atomic E-state index is 11.3. The third-order valence-corrected chi connectivity index (χ3v) is 3.09. The summed E-state index contributed by atoms with van der Waals surface area (Å²) in [5, 5.41) is 3.11. The normalized spacial score (nSPS) is 10.3. The van der Waals surface area contributed by atoms with Gasteiger partial charge in [-0.05, 0) is 32.0 Å². The van der Waals surface area contributed by atoms with Crippen molar-refractivity contribution in [1.29, 1.82) is 0 Å². The lowest BCUT2D eigenvalue weighted by molar-refractivity contribution is 0.168. The molecule has 5 nitrogen and oxygen atoms in total. The molecule has 1 heterocycles. The summed E-state index contributed by atoms with van der Waals surface area (Å²) in [5.41, 5.74) is 0.829. The summed E-state index contributed by atoms with van der Waals surface area (Å²) >= 11 is 1.39. The first-order chi connectivity index (χ1) is 8.72. The fourth-order valence-electron chi connectivity index (χ4n) is 1.47. The van der Waals surface area contributed by atoms with Gasteiger partial charge in [0.25, 0.3) is 0 Å². The Hall–Kier alpha value is -1.82. The van der Waals surface area contributed by atoms with Gasteiger partial charge in [-0.3, -0.25) is 5.32 Å². The van der Waals surface area contributed by atoms with E-state index in [1.165, 1.54) is 11.3 Å². The van der Waals surface area contributed by atoms with Crippen molar-refractivity contribution >= 4 is 32.8 Å². The highest BCUT2D eigenvalue weighted by Gasteiger charge is 2.08. The third kappa shape index (κ3) is 2.89. The molecule has 0 aliphatic heterocycles. The lowest BCUT2D eigenvalue weighted by atomic mass is 10.3. The number of amides is 1. The van der Waals surface area contributed by atoms with Crippen molar-refractivity contribution in [2.45, 2.75) is 13.8 Å². The Balaban J connectivity index is 2.19. The molecule has 0 spiro atoms. The van der Waals surface area contributed by atoms with Crippen molar-refractivity contribution < 1.29 is 14.3 Å². The van der Waals surface area contributed by atoms with Crippen LogP contribution < -0.4 is 10.1 Å². The van der Waals surface area contributed by atoms with Crippen LogP contribution in [0, 0.1) is 0 Å². The highest BCUT2D eigenvalue weighted by atomic mass is 32.1. The second-order valence-corrected chi connectivity index (χ2v) is 4.46. The number of carbonyl (C=O) groups is 1. The van der Waals surface area contributed by atoms with Gasteiger partial charge in [0.1, 0.15) is 5.75 Å². The van der Waals surface area contributed by atoms with Crippen LogP contribution in [0.1, 0.15) is 13.8 Å². The number of fused-ring (bicyclic) bond motifs is 1. The second-order valence-electron chi connectivity index (χ2n) is 3.43.